The van der Waals surface area contributed by atoms with Gasteiger partial charge in [-0.15, -0.1) is 0 Å². The van der Waals surface area contributed by atoms with Crippen molar-refractivity contribution in [2.75, 3.05) is 13.2 Å². The first-order valence-electron chi connectivity index (χ1n) is 6.75. The highest BCUT2D eigenvalue weighted by Gasteiger charge is 2.20. The van der Waals surface area contributed by atoms with Gasteiger partial charge in [0.05, 0.1) is 6.20 Å². The average molecular weight is 287 g/mol. The lowest BCUT2D eigenvalue weighted by atomic mass is 9.83. The van der Waals surface area contributed by atoms with Crippen molar-refractivity contribution in [1.82, 2.24) is 14.5 Å². The van der Waals surface area contributed by atoms with Gasteiger partial charge in [0, 0.05) is 25.9 Å². The van der Waals surface area contributed by atoms with E-state index in [-0.39, 0.29) is 11.5 Å². The Labute approximate surface area is 113 Å². The Morgan fingerprint density at radius 3 is 2.89 bits per heavy atom. The van der Waals surface area contributed by atoms with Crippen molar-refractivity contribution >= 4 is 10.0 Å². The van der Waals surface area contributed by atoms with Crippen molar-refractivity contribution in [1.29, 1.82) is 0 Å². The Bertz CT molecular complexity index is 494. The zero-order valence-corrected chi connectivity index (χ0v) is 11.8. The van der Waals surface area contributed by atoms with Crippen molar-refractivity contribution in [3.05, 3.63) is 12.4 Å². The first-order valence-corrected chi connectivity index (χ1v) is 8.23. The number of aliphatic hydroxyl groups excluding tert-OH is 1. The second-order valence-corrected chi connectivity index (χ2v) is 6.77. The minimum atomic E-state index is -3.44. The van der Waals surface area contributed by atoms with E-state index in [2.05, 4.69) is 9.82 Å². The molecule has 0 spiro atoms. The van der Waals surface area contributed by atoms with Crippen LogP contribution in [-0.4, -0.2) is 36.5 Å². The van der Waals surface area contributed by atoms with Crippen LogP contribution < -0.4 is 4.72 Å². The minimum Gasteiger partial charge on any atom is -0.396 e. The summed E-state index contributed by atoms with van der Waals surface area (Å²) in [5, 5.41) is 12.7. The summed E-state index contributed by atoms with van der Waals surface area (Å²) >= 11 is 0. The van der Waals surface area contributed by atoms with Crippen LogP contribution in [0.4, 0.5) is 0 Å². The summed E-state index contributed by atoms with van der Waals surface area (Å²) in [5.41, 5.74) is 0. The molecule has 1 heterocycles. The van der Waals surface area contributed by atoms with Crippen LogP contribution in [0.15, 0.2) is 17.3 Å². The number of hydrogen-bond donors (Lipinski definition) is 2. The van der Waals surface area contributed by atoms with Crippen LogP contribution in [0.3, 0.4) is 0 Å². The maximum atomic E-state index is 12.0. The van der Waals surface area contributed by atoms with E-state index < -0.39 is 10.0 Å². The standard InChI is InChI=1S/C12H21N3O3S/c16-8-2-7-15-10-12(9-13-15)19(17,18)14-6-5-11-3-1-4-11/h9-11,14,16H,1-8H2. The van der Waals surface area contributed by atoms with Crippen LogP contribution in [0.5, 0.6) is 0 Å². The molecule has 6 nitrogen and oxygen atoms in total. The molecule has 0 amide bonds. The second-order valence-electron chi connectivity index (χ2n) is 5.00. The molecule has 0 atom stereocenters. The van der Waals surface area contributed by atoms with E-state index in [4.69, 9.17) is 5.11 Å². The summed E-state index contributed by atoms with van der Waals surface area (Å²) < 4.78 is 28.1. The topological polar surface area (TPSA) is 84.2 Å². The van der Waals surface area contributed by atoms with Crippen LogP contribution in [0.25, 0.3) is 0 Å². The maximum Gasteiger partial charge on any atom is 0.243 e. The van der Waals surface area contributed by atoms with Crippen molar-refractivity contribution in [3.63, 3.8) is 0 Å². The number of aromatic nitrogens is 2. The van der Waals surface area contributed by atoms with E-state index in [0.29, 0.717) is 25.4 Å². The summed E-state index contributed by atoms with van der Waals surface area (Å²) in [5.74, 6) is 0.690. The molecule has 2 rings (SSSR count). The lowest BCUT2D eigenvalue weighted by Crippen LogP contribution is -2.27. The van der Waals surface area contributed by atoms with Crippen LogP contribution >= 0.6 is 0 Å². The fraction of sp³-hybridized carbons (Fsp3) is 0.750. The molecule has 1 aromatic rings. The fourth-order valence-electron chi connectivity index (χ4n) is 2.10. The molecule has 0 unspecified atom stereocenters. The number of sulfonamides is 1. The highest BCUT2D eigenvalue weighted by atomic mass is 32.2. The van der Waals surface area contributed by atoms with Gasteiger partial charge >= 0.3 is 0 Å². The normalized spacial score (nSPS) is 16.5. The number of rotatable bonds is 8. The van der Waals surface area contributed by atoms with Crippen molar-refractivity contribution in [2.24, 2.45) is 5.92 Å². The summed E-state index contributed by atoms with van der Waals surface area (Å²) in [4.78, 5) is 0.194. The Hall–Kier alpha value is -0.920. The number of nitrogens with one attached hydrogen (secondary N) is 1. The monoisotopic (exact) mass is 287 g/mol. The lowest BCUT2D eigenvalue weighted by Gasteiger charge is -2.24. The second kappa shape index (κ2) is 6.49. The molecule has 1 aromatic heterocycles. The Morgan fingerprint density at radius 1 is 1.47 bits per heavy atom. The van der Waals surface area contributed by atoms with E-state index in [1.807, 2.05) is 0 Å². The van der Waals surface area contributed by atoms with Gasteiger partial charge < -0.3 is 5.11 Å². The predicted molar refractivity (Wildman–Crippen MR) is 71.1 cm³/mol. The average Bonchev–Trinajstić information content (AvgIpc) is 2.79. The molecular formula is C12H21N3O3S. The molecule has 0 aliphatic heterocycles. The van der Waals surface area contributed by atoms with Gasteiger partial charge in [-0.25, -0.2) is 13.1 Å². The number of aryl methyl sites for hydroxylation is 1. The molecule has 1 fully saturated rings. The van der Waals surface area contributed by atoms with Crippen molar-refractivity contribution < 1.29 is 13.5 Å². The summed E-state index contributed by atoms with van der Waals surface area (Å²) in [7, 11) is -3.44. The van der Waals surface area contributed by atoms with Gasteiger partial charge in [-0.1, -0.05) is 19.3 Å². The maximum absolute atomic E-state index is 12.0. The van der Waals surface area contributed by atoms with Gasteiger partial charge in [0.15, 0.2) is 0 Å². The summed E-state index contributed by atoms with van der Waals surface area (Å²) in [6, 6.07) is 0. The third-order valence-corrected chi connectivity index (χ3v) is 4.95. The van der Waals surface area contributed by atoms with Gasteiger partial charge in [-0.2, -0.15) is 5.10 Å². The molecule has 0 aromatic carbocycles. The van der Waals surface area contributed by atoms with Crippen LogP contribution in [0.1, 0.15) is 32.1 Å². The molecule has 1 aliphatic rings. The molecule has 7 heteroatoms. The van der Waals surface area contributed by atoms with Gasteiger partial charge in [-0.3, -0.25) is 4.68 Å². The van der Waals surface area contributed by atoms with Crippen LogP contribution in [0.2, 0.25) is 0 Å². The molecule has 2 N–H and O–H groups in total. The zero-order valence-electron chi connectivity index (χ0n) is 11.0. The van der Waals surface area contributed by atoms with E-state index in [1.165, 1.54) is 36.3 Å². The molecule has 0 saturated heterocycles. The molecule has 1 aliphatic carbocycles. The Balaban J connectivity index is 1.85. The van der Waals surface area contributed by atoms with Crippen molar-refractivity contribution in [3.8, 4) is 0 Å². The quantitative estimate of drug-likeness (QED) is 0.738. The molecule has 108 valence electrons. The van der Waals surface area contributed by atoms with Gasteiger partial charge in [0.25, 0.3) is 0 Å². The minimum absolute atomic E-state index is 0.0710. The number of hydrogen-bond acceptors (Lipinski definition) is 4. The highest BCUT2D eigenvalue weighted by Crippen LogP contribution is 2.28. The van der Waals surface area contributed by atoms with E-state index >= 15 is 0 Å². The van der Waals surface area contributed by atoms with Crippen LogP contribution in [0, 0.1) is 5.92 Å². The molecule has 1 saturated carbocycles. The zero-order chi connectivity index (χ0) is 13.7. The Kier molecular flexibility index (Phi) is 4.95. The smallest absolute Gasteiger partial charge is 0.243 e. The van der Waals surface area contributed by atoms with E-state index in [9.17, 15) is 8.42 Å². The fourth-order valence-corrected chi connectivity index (χ4v) is 3.10. The Morgan fingerprint density at radius 2 is 2.26 bits per heavy atom. The van der Waals surface area contributed by atoms with Gasteiger partial charge in [0.1, 0.15) is 4.90 Å². The van der Waals surface area contributed by atoms with E-state index in [1.54, 1.807) is 0 Å². The van der Waals surface area contributed by atoms with Crippen LogP contribution in [-0.2, 0) is 16.6 Å². The first-order chi connectivity index (χ1) is 9.12. The lowest BCUT2D eigenvalue weighted by molar-refractivity contribution is 0.277. The summed E-state index contributed by atoms with van der Waals surface area (Å²) in [6.45, 7) is 1.09. The van der Waals surface area contributed by atoms with Crippen molar-refractivity contribution in [2.45, 2.75) is 43.5 Å². The largest absolute Gasteiger partial charge is 0.396 e. The molecule has 0 bridgehead atoms. The number of nitrogens with zero attached hydrogens (tertiary/aromatic N) is 2. The van der Waals surface area contributed by atoms with Gasteiger partial charge in [-0.05, 0) is 18.8 Å². The van der Waals surface area contributed by atoms with E-state index in [0.717, 1.165) is 6.42 Å². The summed E-state index contributed by atoms with van der Waals surface area (Å²) in [6.07, 6.45) is 8.05. The first kappa shape index (κ1) is 14.5. The SMILES string of the molecule is O=S(=O)(NCCC1CCC1)c1cnn(CCCO)c1. The van der Waals surface area contributed by atoms with Gasteiger partial charge in [0.2, 0.25) is 10.0 Å². The highest BCUT2D eigenvalue weighted by molar-refractivity contribution is 7.89. The third-order valence-electron chi connectivity index (χ3n) is 3.53. The number of aliphatic hydroxyl groups is 1. The molecule has 0 radical (unpaired) electrons. The predicted octanol–water partition coefficient (Wildman–Crippen LogP) is 0.734. The third kappa shape index (κ3) is 4.02. The molecular weight excluding hydrogens is 266 g/mol. The molecule has 19 heavy (non-hydrogen) atoms.